The Morgan fingerprint density at radius 1 is 1.12 bits per heavy atom. The molecule has 1 aromatic heterocycles. The second-order valence-electron chi connectivity index (χ2n) is 10.6. The number of hydrogen-bond acceptors (Lipinski definition) is 2. The molecule has 1 aliphatic carbocycles. The molecule has 0 radical (unpaired) electrons. The summed E-state index contributed by atoms with van der Waals surface area (Å²) in [6, 6.07) is 7.75. The molecule has 0 bridgehead atoms. The maximum Gasteiger partial charge on any atom is 0.251 e. The van der Waals surface area contributed by atoms with Crippen LogP contribution < -0.4 is 5.32 Å². The van der Waals surface area contributed by atoms with Gasteiger partial charge in [0.25, 0.3) is 5.91 Å². The highest BCUT2D eigenvalue weighted by Crippen LogP contribution is 2.40. The Hall–Kier alpha value is -2.55. The van der Waals surface area contributed by atoms with Crippen LogP contribution in [0.15, 0.2) is 57.6 Å². The molecule has 0 spiro atoms. The van der Waals surface area contributed by atoms with Crippen molar-refractivity contribution >= 4 is 23.0 Å². The fourth-order valence-electron chi connectivity index (χ4n) is 4.97. The van der Waals surface area contributed by atoms with E-state index in [1.165, 1.54) is 62.5 Å². The lowest BCUT2D eigenvalue weighted by atomic mass is 9.72. The van der Waals surface area contributed by atoms with E-state index in [1.54, 1.807) is 0 Å². The molecular formula is C31H43NO2. The van der Waals surface area contributed by atoms with Gasteiger partial charge in [-0.25, -0.2) is 0 Å². The molecule has 184 valence electrons. The number of benzene rings is 1. The van der Waals surface area contributed by atoms with Gasteiger partial charge < -0.3 is 9.73 Å². The van der Waals surface area contributed by atoms with Crippen molar-refractivity contribution in [1.29, 1.82) is 0 Å². The average molecular weight is 462 g/mol. The molecule has 1 amide bonds. The third-order valence-electron chi connectivity index (χ3n) is 7.04. The highest BCUT2D eigenvalue weighted by atomic mass is 16.3. The summed E-state index contributed by atoms with van der Waals surface area (Å²) in [6.45, 7) is 12.0. The quantitative estimate of drug-likeness (QED) is 0.268. The summed E-state index contributed by atoms with van der Waals surface area (Å²) in [7, 11) is 0. The van der Waals surface area contributed by atoms with Crippen molar-refractivity contribution in [3.8, 4) is 0 Å². The second-order valence-corrected chi connectivity index (χ2v) is 10.6. The monoisotopic (exact) mass is 461 g/mol. The number of allylic oxidation sites excluding steroid dienone is 5. The highest BCUT2D eigenvalue weighted by Gasteiger charge is 2.26. The van der Waals surface area contributed by atoms with Crippen molar-refractivity contribution < 1.29 is 9.21 Å². The van der Waals surface area contributed by atoms with Crippen molar-refractivity contribution in [2.75, 3.05) is 6.54 Å². The Kier molecular flexibility index (Phi) is 9.38. The summed E-state index contributed by atoms with van der Waals surface area (Å²) in [5.41, 5.74) is 5.77. The van der Waals surface area contributed by atoms with Crippen molar-refractivity contribution in [3.05, 3.63) is 64.5 Å². The molecule has 3 rings (SSSR count). The molecule has 1 aliphatic rings. The van der Waals surface area contributed by atoms with Crippen LogP contribution in [0.2, 0.25) is 0 Å². The van der Waals surface area contributed by atoms with Crippen LogP contribution in [-0.4, -0.2) is 12.5 Å². The zero-order valence-corrected chi connectivity index (χ0v) is 21.9. The Morgan fingerprint density at radius 2 is 1.88 bits per heavy atom. The standard InChI is InChI=1S/C31H43NO2/c1-6-7-8-9-10-11-19-32-30(33)26-16-15-25-21-27(34-29(25)22-26)20-23(2)14-17-28-24(3)13-12-18-31(28,4)5/h14-17,20-22H,6-13,18-19H2,1-5H3,(H,32,33). The zero-order chi connectivity index (χ0) is 24.6. The topological polar surface area (TPSA) is 42.2 Å². The lowest BCUT2D eigenvalue weighted by Gasteiger charge is -2.32. The number of hydrogen-bond donors (Lipinski definition) is 1. The lowest BCUT2D eigenvalue weighted by molar-refractivity contribution is 0.0953. The second kappa shape index (κ2) is 12.2. The molecule has 0 fully saturated rings. The van der Waals surface area contributed by atoms with E-state index in [4.69, 9.17) is 4.42 Å². The van der Waals surface area contributed by atoms with Crippen LogP contribution in [0.4, 0.5) is 0 Å². The molecule has 34 heavy (non-hydrogen) atoms. The zero-order valence-electron chi connectivity index (χ0n) is 21.9. The normalized spacial score (nSPS) is 16.6. The summed E-state index contributed by atoms with van der Waals surface area (Å²) in [5.74, 6) is 0.789. The average Bonchev–Trinajstić information content (AvgIpc) is 3.18. The van der Waals surface area contributed by atoms with Crippen LogP contribution >= 0.6 is 0 Å². The van der Waals surface area contributed by atoms with Gasteiger partial charge >= 0.3 is 0 Å². The third kappa shape index (κ3) is 7.22. The highest BCUT2D eigenvalue weighted by molar-refractivity contribution is 5.97. The fraction of sp³-hybridized carbons (Fsp3) is 0.516. The van der Waals surface area contributed by atoms with Gasteiger partial charge in [0.2, 0.25) is 0 Å². The molecule has 3 nitrogen and oxygen atoms in total. The summed E-state index contributed by atoms with van der Waals surface area (Å²) in [6.07, 6.45) is 17.6. The molecule has 1 N–H and O–H groups in total. The first-order chi connectivity index (χ1) is 16.3. The van der Waals surface area contributed by atoms with Crippen molar-refractivity contribution in [2.45, 2.75) is 92.4 Å². The minimum atomic E-state index is -0.0261. The van der Waals surface area contributed by atoms with Crippen molar-refractivity contribution in [2.24, 2.45) is 5.41 Å². The van der Waals surface area contributed by atoms with Crippen LogP contribution in [0.3, 0.4) is 0 Å². The van der Waals surface area contributed by atoms with E-state index in [0.717, 1.165) is 35.3 Å². The number of unbranched alkanes of at least 4 members (excludes halogenated alkanes) is 5. The van der Waals surface area contributed by atoms with Crippen LogP contribution in [-0.2, 0) is 0 Å². The maximum atomic E-state index is 12.5. The predicted molar refractivity (Wildman–Crippen MR) is 145 cm³/mol. The number of fused-ring (bicyclic) bond motifs is 1. The lowest BCUT2D eigenvalue weighted by Crippen LogP contribution is -2.24. The van der Waals surface area contributed by atoms with Crippen molar-refractivity contribution in [1.82, 2.24) is 5.32 Å². The number of amides is 1. The van der Waals surface area contributed by atoms with E-state index >= 15 is 0 Å². The fourth-order valence-corrected chi connectivity index (χ4v) is 4.97. The molecule has 0 unspecified atom stereocenters. The molecule has 0 aliphatic heterocycles. The van der Waals surface area contributed by atoms with Gasteiger partial charge in [0.15, 0.2) is 0 Å². The van der Waals surface area contributed by atoms with Gasteiger partial charge in [0.1, 0.15) is 11.3 Å². The van der Waals surface area contributed by atoms with E-state index in [9.17, 15) is 4.79 Å². The number of rotatable bonds is 11. The molecule has 0 saturated heterocycles. The van der Waals surface area contributed by atoms with E-state index in [-0.39, 0.29) is 11.3 Å². The summed E-state index contributed by atoms with van der Waals surface area (Å²) in [4.78, 5) is 12.5. The first kappa shape index (κ1) is 26.1. The van der Waals surface area contributed by atoms with Gasteiger partial charge in [-0.3, -0.25) is 4.79 Å². The minimum Gasteiger partial charge on any atom is -0.457 e. The van der Waals surface area contributed by atoms with Crippen LogP contribution in [0.5, 0.6) is 0 Å². The van der Waals surface area contributed by atoms with Gasteiger partial charge in [-0.05, 0) is 80.4 Å². The van der Waals surface area contributed by atoms with Crippen LogP contribution in [0.1, 0.15) is 109 Å². The van der Waals surface area contributed by atoms with Gasteiger partial charge in [0, 0.05) is 17.5 Å². The number of carbonyl (C=O) groups is 1. The molecule has 2 aromatic rings. The Morgan fingerprint density at radius 3 is 2.65 bits per heavy atom. The molecule has 0 saturated carbocycles. The first-order valence-corrected chi connectivity index (χ1v) is 13.2. The van der Waals surface area contributed by atoms with E-state index in [1.807, 2.05) is 24.3 Å². The Balaban J connectivity index is 1.61. The van der Waals surface area contributed by atoms with Crippen LogP contribution in [0, 0.1) is 5.41 Å². The summed E-state index contributed by atoms with van der Waals surface area (Å²) in [5, 5.41) is 4.06. The maximum absolute atomic E-state index is 12.5. The number of furan rings is 1. The molecule has 1 aromatic carbocycles. The summed E-state index contributed by atoms with van der Waals surface area (Å²) < 4.78 is 6.06. The molecular weight excluding hydrogens is 418 g/mol. The smallest absolute Gasteiger partial charge is 0.251 e. The molecule has 0 atom stereocenters. The molecule has 3 heteroatoms. The van der Waals surface area contributed by atoms with Gasteiger partial charge in [-0.2, -0.15) is 0 Å². The van der Waals surface area contributed by atoms with Crippen molar-refractivity contribution in [3.63, 3.8) is 0 Å². The summed E-state index contributed by atoms with van der Waals surface area (Å²) >= 11 is 0. The molecule has 1 heterocycles. The van der Waals surface area contributed by atoms with Gasteiger partial charge in [-0.15, -0.1) is 0 Å². The SMILES string of the molecule is CCCCCCCCNC(=O)c1ccc2cc(C=C(C)C=CC3=C(C)CCCC3(C)C)oc2c1. The Labute approximate surface area is 206 Å². The van der Waals surface area contributed by atoms with E-state index in [2.05, 4.69) is 58.2 Å². The van der Waals surface area contributed by atoms with Crippen LogP contribution in [0.25, 0.3) is 17.0 Å². The van der Waals surface area contributed by atoms with Gasteiger partial charge in [-0.1, -0.05) is 76.7 Å². The van der Waals surface area contributed by atoms with E-state index < -0.39 is 0 Å². The largest absolute Gasteiger partial charge is 0.457 e. The number of nitrogens with one attached hydrogen (secondary N) is 1. The Bertz CT molecular complexity index is 1060. The van der Waals surface area contributed by atoms with E-state index in [0.29, 0.717) is 5.56 Å². The number of carbonyl (C=O) groups excluding carboxylic acids is 1. The minimum absolute atomic E-state index is 0.0261. The third-order valence-corrected chi connectivity index (χ3v) is 7.04. The van der Waals surface area contributed by atoms with Gasteiger partial charge in [0.05, 0.1) is 0 Å². The predicted octanol–water partition coefficient (Wildman–Crippen LogP) is 9.01. The first-order valence-electron chi connectivity index (χ1n) is 13.2.